The Kier molecular flexibility index (Phi) is 13.1. The molecular formula is C30H44O4. The summed E-state index contributed by atoms with van der Waals surface area (Å²) in [5.41, 5.74) is 2.71. The van der Waals surface area contributed by atoms with E-state index in [1.807, 2.05) is 12.1 Å². The second kappa shape index (κ2) is 16.1. The molecule has 0 aromatic heterocycles. The Morgan fingerprint density at radius 3 is 1.62 bits per heavy atom. The number of aromatic hydroxyl groups is 3. The highest BCUT2D eigenvalue weighted by atomic mass is 16.5. The molecule has 0 aliphatic heterocycles. The Bertz CT molecular complexity index is 849. The molecule has 188 valence electrons. The average molecular weight is 469 g/mol. The van der Waals surface area contributed by atoms with Crippen molar-refractivity contribution in [3.63, 3.8) is 0 Å². The first-order chi connectivity index (χ1) is 16.5. The van der Waals surface area contributed by atoms with Gasteiger partial charge in [-0.15, -0.1) is 0 Å². The summed E-state index contributed by atoms with van der Waals surface area (Å²) in [6.45, 7) is 1.73. The van der Waals surface area contributed by atoms with Gasteiger partial charge in [-0.2, -0.15) is 0 Å². The van der Waals surface area contributed by atoms with Crippen molar-refractivity contribution in [1.82, 2.24) is 0 Å². The monoisotopic (exact) mass is 468 g/mol. The van der Waals surface area contributed by atoms with Gasteiger partial charge in [0.1, 0.15) is 23.0 Å². The van der Waals surface area contributed by atoms with Crippen LogP contribution in [0.2, 0.25) is 0 Å². The van der Waals surface area contributed by atoms with Gasteiger partial charge in [0.15, 0.2) is 0 Å². The zero-order valence-electron chi connectivity index (χ0n) is 21.2. The predicted molar refractivity (Wildman–Crippen MR) is 141 cm³/mol. The quantitative estimate of drug-likeness (QED) is 0.162. The van der Waals surface area contributed by atoms with Crippen LogP contribution in [0.3, 0.4) is 0 Å². The minimum absolute atomic E-state index is 0.188. The number of unbranched alkanes of at least 4 members (excludes halogenated alkanes) is 10. The summed E-state index contributed by atoms with van der Waals surface area (Å²) in [5, 5.41) is 29.3. The van der Waals surface area contributed by atoms with Crippen LogP contribution in [-0.2, 0) is 12.8 Å². The third kappa shape index (κ3) is 11.0. The summed E-state index contributed by atoms with van der Waals surface area (Å²) in [6, 6.07) is 9.03. The standard InChI is InChI=1S/C30H44O4/c1-24-29(32)21-26(22-30(24)33)18-16-14-12-10-8-6-4-3-5-7-9-11-13-15-17-25-19-27(31)23-28(20-25)34-2/h3-4,19-23,31-33H,5-18H2,1-2H3/b4-3-. The molecule has 0 fully saturated rings. The van der Waals surface area contributed by atoms with Crippen molar-refractivity contribution < 1.29 is 20.1 Å². The third-order valence-electron chi connectivity index (χ3n) is 6.44. The lowest BCUT2D eigenvalue weighted by atomic mass is 10.0. The zero-order valence-corrected chi connectivity index (χ0v) is 21.2. The summed E-state index contributed by atoms with van der Waals surface area (Å²) < 4.78 is 5.21. The number of ether oxygens (including phenoxy) is 1. The third-order valence-corrected chi connectivity index (χ3v) is 6.44. The topological polar surface area (TPSA) is 69.9 Å². The van der Waals surface area contributed by atoms with Crippen molar-refractivity contribution in [2.75, 3.05) is 7.11 Å². The van der Waals surface area contributed by atoms with E-state index < -0.39 is 0 Å². The number of benzene rings is 2. The summed E-state index contributed by atoms with van der Waals surface area (Å²) in [4.78, 5) is 0. The number of aryl methyl sites for hydroxylation is 2. The van der Waals surface area contributed by atoms with E-state index in [1.165, 1.54) is 64.2 Å². The van der Waals surface area contributed by atoms with Gasteiger partial charge < -0.3 is 20.1 Å². The molecule has 0 radical (unpaired) electrons. The molecule has 2 aromatic carbocycles. The van der Waals surface area contributed by atoms with Crippen LogP contribution < -0.4 is 4.74 Å². The van der Waals surface area contributed by atoms with Crippen LogP contribution in [0.25, 0.3) is 0 Å². The van der Waals surface area contributed by atoms with Crippen LogP contribution in [0.15, 0.2) is 42.5 Å². The van der Waals surface area contributed by atoms with E-state index in [0.29, 0.717) is 5.56 Å². The van der Waals surface area contributed by atoms with Crippen molar-refractivity contribution in [2.45, 2.75) is 96.8 Å². The molecule has 0 atom stereocenters. The van der Waals surface area contributed by atoms with Crippen molar-refractivity contribution in [2.24, 2.45) is 0 Å². The maximum absolute atomic E-state index is 9.79. The van der Waals surface area contributed by atoms with Crippen molar-refractivity contribution in [1.29, 1.82) is 0 Å². The fraction of sp³-hybridized carbons (Fsp3) is 0.533. The largest absolute Gasteiger partial charge is 0.508 e. The van der Waals surface area contributed by atoms with Gasteiger partial charge in [0, 0.05) is 11.6 Å². The fourth-order valence-electron chi connectivity index (χ4n) is 4.27. The molecule has 2 rings (SSSR count). The van der Waals surface area contributed by atoms with Gasteiger partial charge >= 0.3 is 0 Å². The highest BCUT2D eigenvalue weighted by Gasteiger charge is 2.05. The molecule has 34 heavy (non-hydrogen) atoms. The normalized spacial score (nSPS) is 11.4. The molecule has 2 aromatic rings. The minimum atomic E-state index is 0.188. The second-order valence-corrected chi connectivity index (χ2v) is 9.38. The Morgan fingerprint density at radius 1 is 0.618 bits per heavy atom. The molecule has 3 N–H and O–H groups in total. The molecule has 4 nitrogen and oxygen atoms in total. The highest BCUT2D eigenvalue weighted by Crippen LogP contribution is 2.28. The number of allylic oxidation sites excluding steroid dienone is 2. The lowest BCUT2D eigenvalue weighted by Crippen LogP contribution is -1.89. The molecule has 0 spiro atoms. The predicted octanol–water partition coefficient (Wildman–Crippen LogP) is 8.14. The van der Waals surface area contributed by atoms with Gasteiger partial charge in [-0.3, -0.25) is 0 Å². The first kappa shape index (κ1) is 27.6. The van der Waals surface area contributed by atoms with Gasteiger partial charge in [-0.1, -0.05) is 50.7 Å². The van der Waals surface area contributed by atoms with Crippen LogP contribution in [0.5, 0.6) is 23.0 Å². The molecular weight excluding hydrogens is 424 g/mol. The van der Waals surface area contributed by atoms with E-state index in [0.717, 1.165) is 42.6 Å². The van der Waals surface area contributed by atoms with Crippen molar-refractivity contribution >= 4 is 0 Å². The molecule has 0 saturated carbocycles. The fourth-order valence-corrected chi connectivity index (χ4v) is 4.27. The van der Waals surface area contributed by atoms with Gasteiger partial charge in [0.25, 0.3) is 0 Å². The SMILES string of the molecule is COc1cc(O)cc(CCCCCCC/C=C\CCCCCCCc2cc(O)c(C)c(O)c2)c1. The molecule has 0 unspecified atom stereocenters. The summed E-state index contributed by atoms with van der Waals surface area (Å²) in [7, 11) is 1.63. The van der Waals surface area contributed by atoms with E-state index in [1.54, 1.807) is 32.2 Å². The second-order valence-electron chi connectivity index (χ2n) is 9.38. The zero-order chi connectivity index (χ0) is 24.6. The van der Waals surface area contributed by atoms with Gasteiger partial charge in [0.2, 0.25) is 0 Å². The van der Waals surface area contributed by atoms with E-state index in [2.05, 4.69) is 12.2 Å². The number of hydrogen-bond donors (Lipinski definition) is 3. The molecule has 0 amide bonds. The van der Waals surface area contributed by atoms with Gasteiger partial charge in [-0.05, 0) is 93.7 Å². The summed E-state index contributed by atoms with van der Waals surface area (Å²) in [6.07, 6.45) is 21.2. The Balaban J connectivity index is 1.38. The Hall–Kier alpha value is -2.62. The maximum Gasteiger partial charge on any atom is 0.122 e. The van der Waals surface area contributed by atoms with Crippen LogP contribution in [0.1, 0.15) is 93.7 Å². The average Bonchev–Trinajstić information content (AvgIpc) is 2.81. The lowest BCUT2D eigenvalue weighted by molar-refractivity contribution is 0.406. The number of phenolic OH excluding ortho intramolecular Hbond substituents is 3. The number of methoxy groups -OCH3 is 1. The molecule has 4 heteroatoms. The number of rotatable bonds is 17. The Morgan fingerprint density at radius 2 is 1.09 bits per heavy atom. The van der Waals surface area contributed by atoms with Gasteiger partial charge in [-0.25, -0.2) is 0 Å². The Labute approximate surface area is 206 Å². The van der Waals surface area contributed by atoms with E-state index in [9.17, 15) is 15.3 Å². The first-order valence-electron chi connectivity index (χ1n) is 13.0. The molecule has 0 bridgehead atoms. The van der Waals surface area contributed by atoms with Crippen molar-refractivity contribution in [3.05, 3.63) is 59.2 Å². The van der Waals surface area contributed by atoms with E-state index >= 15 is 0 Å². The van der Waals surface area contributed by atoms with E-state index in [4.69, 9.17) is 4.74 Å². The smallest absolute Gasteiger partial charge is 0.122 e. The molecule has 0 aliphatic rings. The van der Waals surface area contributed by atoms with E-state index in [-0.39, 0.29) is 17.2 Å². The first-order valence-corrected chi connectivity index (χ1v) is 13.0. The summed E-state index contributed by atoms with van der Waals surface area (Å²) >= 11 is 0. The highest BCUT2D eigenvalue weighted by molar-refractivity contribution is 5.45. The number of hydrogen-bond acceptors (Lipinski definition) is 4. The van der Waals surface area contributed by atoms with Crippen LogP contribution >= 0.6 is 0 Å². The van der Waals surface area contributed by atoms with Gasteiger partial charge in [0.05, 0.1) is 7.11 Å². The van der Waals surface area contributed by atoms with Crippen LogP contribution in [0.4, 0.5) is 0 Å². The number of phenols is 3. The molecule has 0 aliphatic carbocycles. The lowest BCUT2D eigenvalue weighted by Gasteiger charge is -2.07. The molecule has 0 saturated heterocycles. The van der Waals surface area contributed by atoms with Crippen LogP contribution in [-0.4, -0.2) is 22.4 Å². The summed E-state index contributed by atoms with van der Waals surface area (Å²) in [5.74, 6) is 1.38. The maximum atomic E-state index is 9.79. The minimum Gasteiger partial charge on any atom is -0.508 e. The van der Waals surface area contributed by atoms with Crippen LogP contribution in [0, 0.1) is 6.92 Å². The molecule has 0 heterocycles. The van der Waals surface area contributed by atoms with Crippen molar-refractivity contribution in [3.8, 4) is 23.0 Å².